The molecule has 0 radical (unpaired) electrons. The smallest absolute Gasteiger partial charge is 0.251 e. The molecule has 7 heteroatoms. The molecule has 4 N–H and O–H groups in total. The number of carbonyl (C=O) groups is 2. The summed E-state index contributed by atoms with van der Waals surface area (Å²) in [6.45, 7) is 0.813. The van der Waals surface area contributed by atoms with Gasteiger partial charge in [0.2, 0.25) is 5.91 Å². The minimum Gasteiger partial charge on any atom is -0.497 e. The first kappa shape index (κ1) is 19.5. The third kappa shape index (κ3) is 4.25. The zero-order chi connectivity index (χ0) is 17.1. The molecule has 1 aromatic carbocycles. The summed E-state index contributed by atoms with van der Waals surface area (Å²) in [6, 6.07) is 6.90. The highest BCUT2D eigenvalue weighted by Crippen LogP contribution is 2.47. The third-order valence-corrected chi connectivity index (χ3v) is 5.35. The molecule has 2 saturated carbocycles. The van der Waals surface area contributed by atoms with E-state index >= 15 is 0 Å². The third-order valence-electron chi connectivity index (χ3n) is 5.35. The predicted molar refractivity (Wildman–Crippen MR) is 97.9 cm³/mol. The number of nitrogens with one attached hydrogen (secondary N) is 2. The van der Waals surface area contributed by atoms with Crippen molar-refractivity contribution in [2.75, 3.05) is 20.2 Å². The topological polar surface area (TPSA) is 93.5 Å². The van der Waals surface area contributed by atoms with Crippen molar-refractivity contribution in [3.63, 3.8) is 0 Å². The number of benzene rings is 1. The molecule has 138 valence electrons. The van der Waals surface area contributed by atoms with E-state index in [0.29, 0.717) is 36.2 Å². The molecule has 1 aromatic rings. The summed E-state index contributed by atoms with van der Waals surface area (Å²) < 4.78 is 5.06. The van der Waals surface area contributed by atoms with E-state index in [1.807, 2.05) is 0 Å². The maximum atomic E-state index is 12.3. The Morgan fingerprint density at radius 1 is 1.12 bits per heavy atom. The number of nitrogens with two attached hydrogens (primary N) is 1. The van der Waals surface area contributed by atoms with E-state index in [2.05, 4.69) is 10.6 Å². The largest absolute Gasteiger partial charge is 0.497 e. The average Bonchev–Trinajstić information content (AvgIpc) is 3.19. The second kappa shape index (κ2) is 8.54. The first-order valence-corrected chi connectivity index (χ1v) is 8.55. The molecule has 0 aromatic heterocycles. The van der Waals surface area contributed by atoms with Crippen LogP contribution in [0.1, 0.15) is 29.6 Å². The Labute approximate surface area is 154 Å². The molecule has 4 atom stereocenters. The minimum atomic E-state index is -0.163. The van der Waals surface area contributed by atoms with Crippen molar-refractivity contribution < 1.29 is 14.3 Å². The van der Waals surface area contributed by atoms with Gasteiger partial charge >= 0.3 is 0 Å². The zero-order valence-electron chi connectivity index (χ0n) is 14.4. The van der Waals surface area contributed by atoms with Gasteiger partial charge in [0.05, 0.1) is 13.0 Å². The van der Waals surface area contributed by atoms with Crippen LogP contribution >= 0.6 is 12.4 Å². The maximum absolute atomic E-state index is 12.3. The van der Waals surface area contributed by atoms with Gasteiger partial charge in [-0.1, -0.05) is 0 Å². The molecule has 2 fully saturated rings. The maximum Gasteiger partial charge on any atom is 0.251 e. The van der Waals surface area contributed by atoms with Gasteiger partial charge in [-0.05, 0) is 55.4 Å². The number of amides is 2. The van der Waals surface area contributed by atoms with E-state index in [4.69, 9.17) is 10.5 Å². The quantitative estimate of drug-likeness (QED) is 0.661. The molecule has 0 heterocycles. The van der Waals surface area contributed by atoms with Gasteiger partial charge < -0.3 is 21.1 Å². The van der Waals surface area contributed by atoms with Gasteiger partial charge in [0.1, 0.15) is 5.75 Å². The van der Waals surface area contributed by atoms with Crippen molar-refractivity contribution in [2.45, 2.75) is 25.3 Å². The van der Waals surface area contributed by atoms with Crippen molar-refractivity contribution in [1.29, 1.82) is 0 Å². The lowest BCUT2D eigenvalue weighted by molar-refractivity contribution is -0.127. The van der Waals surface area contributed by atoms with Crippen LogP contribution in [0.4, 0.5) is 0 Å². The molecule has 2 bridgehead atoms. The van der Waals surface area contributed by atoms with Gasteiger partial charge in [0.25, 0.3) is 5.91 Å². The Hall–Kier alpha value is -1.79. The van der Waals surface area contributed by atoms with Crippen LogP contribution in [0.15, 0.2) is 24.3 Å². The molecule has 4 unspecified atom stereocenters. The van der Waals surface area contributed by atoms with Crippen molar-refractivity contribution >= 4 is 24.2 Å². The van der Waals surface area contributed by atoms with Gasteiger partial charge in [-0.25, -0.2) is 0 Å². The molecule has 25 heavy (non-hydrogen) atoms. The summed E-state index contributed by atoms with van der Waals surface area (Å²) in [5.41, 5.74) is 6.74. The SMILES string of the molecule is COc1ccc(C(=O)NCCNC(=O)C2C3CCC(C3)C2N)cc1.Cl. The molecule has 0 aliphatic heterocycles. The van der Waals surface area contributed by atoms with Gasteiger partial charge in [0.15, 0.2) is 0 Å². The number of fused-ring (bicyclic) bond motifs is 2. The average molecular weight is 368 g/mol. The van der Waals surface area contributed by atoms with Crippen LogP contribution in [0, 0.1) is 17.8 Å². The number of methoxy groups -OCH3 is 1. The second-order valence-corrected chi connectivity index (χ2v) is 6.71. The predicted octanol–water partition coefficient (Wildman–Crippen LogP) is 1.34. The van der Waals surface area contributed by atoms with E-state index in [1.54, 1.807) is 31.4 Å². The second-order valence-electron chi connectivity index (χ2n) is 6.71. The molecular formula is C18H26ClN3O3. The fourth-order valence-corrected chi connectivity index (χ4v) is 4.05. The Morgan fingerprint density at radius 2 is 1.76 bits per heavy atom. The fourth-order valence-electron chi connectivity index (χ4n) is 4.05. The molecule has 0 saturated heterocycles. The van der Waals surface area contributed by atoms with Crippen molar-refractivity contribution in [2.24, 2.45) is 23.5 Å². The monoisotopic (exact) mass is 367 g/mol. The van der Waals surface area contributed by atoms with Gasteiger partial charge in [0, 0.05) is 24.7 Å². The van der Waals surface area contributed by atoms with Crippen molar-refractivity contribution in [1.82, 2.24) is 10.6 Å². The van der Waals surface area contributed by atoms with Crippen LogP contribution in [0.2, 0.25) is 0 Å². The molecule has 6 nitrogen and oxygen atoms in total. The number of ether oxygens (including phenoxy) is 1. The summed E-state index contributed by atoms with van der Waals surface area (Å²) >= 11 is 0. The molecule has 2 amide bonds. The minimum absolute atomic E-state index is 0. The fraction of sp³-hybridized carbons (Fsp3) is 0.556. The van der Waals surface area contributed by atoms with E-state index in [9.17, 15) is 9.59 Å². The first-order chi connectivity index (χ1) is 11.6. The number of hydrogen-bond acceptors (Lipinski definition) is 4. The first-order valence-electron chi connectivity index (χ1n) is 8.55. The number of rotatable bonds is 6. The van der Waals surface area contributed by atoms with Crippen LogP contribution < -0.4 is 21.1 Å². The highest BCUT2D eigenvalue weighted by Gasteiger charge is 2.48. The molecular weight excluding hydrogens is 342 g/mol. The number of hydrogen-bond donors (Lipinski definition) is 3. The molecule has 2 aliphatic rings. The normalized spacial score (nSPS) is 26.6. The Morgan fingerprint density at radius 3 is 2.36 bits per heavy atom. The summed E-state index contributed by atoms with van der Waals surface area (Å²) in [6.07, 6.45) is 3.37. The van der Waals surface area contributed by atoms with E-state index in [1.165, 1.54) is 0 Å². The number of carbonyl (C=O) groups excluding carboxylic acids is 2. The van der Waals surface area contributed by atoms with Gasteiger partial charge in [-0.2, -0.15) is 0 Å². The van der Waals surface area contributed by atoms with Crippen LogP contribution in [0.25, 0.3) is 0 Å². The summed E-state index contributed by atoms with van der Waals surface area (Å²) in [4.78, 5) is 24.3. The van der Waals surface area contributed by atoms with Crippen LogP contribution in [-0.2, 0) is 4.79 Å². The van der Waals surface area contributed by atoms with Crippen LogP contribution in [0.3, 0.4) is 0 Å². The summed E-state index contributed by atoms with van der Waals surface area (Å²) in [7, 11) is 1.58. The molecule has 3 rings (SSSR count). The van der Waals surface area contributed by atoms with Crippen LogP contribution in [0.5, 0.6) is 5.75 Å². The molecule has 0 spiro atoms. The number of halogens is 1. The van der Waals surface area contributed by atoms with Crippen LogP contribution in [-0.4, -0.2) is 38.1 Å². The van der Waals surface area contributed by atoms with Crippen molar-refractivity contribution in [3.8, 4) is 5.75 Å². The van der Waals surface area contributed by atoms with Crippen molar-refractivity contribution in [3.05, 3.63) is 29.8 Å². The van der Waals surface area contributed by atoms with E-state index < -0.39 is 0 Å². The van der Waals surface area contributed by atoms with E-state index in [0.717, 1.165) is 19.3 Å². The highest BCUT2D eigenvalue weighted by molar-refractivity contribution is 5.94. The van der Waals surface area contributed by atoms with E-state index in [-0.39, 0.29) is 36.2 Å². The zero-order valence-corrected chi connectivity index (χ0v) is 15.2. The molecule has 2 aliphatic carbocycles. The lowest BCUT2D eigenvalue weighted by atomic mass is 9.84. The van der Waals surface area contributed by atoms with Gasteiger partial charge in [-0.3, -0.25) is 9.59 Å². The van der Waals surface area contributed by atoms with Gasteiger partial charge in [-0.15, -0.1) is 12.4 Å². The lowest BCUT2D eigenvalue weighted by Gasteiger charge is -2.27. The Kier molecular flexibility index (Phi) is 6.67. The summed E-state index contributed by atoms with van der Waals surface area (Å²) in [5, 5.41) is 5.71. The Balaban J connectivity index is 0.00000225. The highest BCUT2D eigenvalue weighted by atomic mass is 35.5. The Bertz CT molecular complexity index is 606. The standard InChI is InChI=1S/C18H25N3O3.ClH/c1-24-14-6-4-11(5-7-14)17(22)20-8-9-21-18(23)15-12-2-3-13(10-12)16(15)19;/h4-7,12-13,15-16H,2-3,8-10,19H2,1H3,(H,20,22)(H,21,23);1H. The summed E-state index contributed by atoms with van der Waals surface area (Å²) in [5.74, 6) is 1.48. The lowest BCUT2D eigenvalue weighted by Crippen LogP contribution is -2.46.